The SMILES string of the molecule is CN(C)CCN1CCCC(Cc2ccc(C(=O)O)cc2)C1=O. The number of amides is 1. The minimum Gasteiger partial charge on any atom is -0.478 e. The highest BCUT2D eigenvalue weighted by Crippen LogP contribution is 2.22. The Morgan fingerprint density at radius 2 is 2.00 bits per heavy atom. The van der Waals surface area contributed by atoms with E-state index in [1.54, 1.807) is 12.1 Å². The van der Waals surface area contributed by atoms with Gasteiger partial charge in [-0.15, -0.1) is 0 Å². The van der Waals surface area contributed by atoms with E-state index in [-0.39, 0.29) is 17.4 Å². The largest absolute Gasteiger partial charge is 0.478 e. The lowest BCUT2D eigenvalue weighted by Crippen LogP contribution is -2.44. The molecular formula is C17H24N2O3. The molecule has 1 fully saturated rings. The predicted molar refractivity (Wildman–Crippen MR) is 85.0 cm³/mol. The fourth-order valence-corrected chi connectivity index (χ4v) is 2.82. The third-order valence-corrected chi connectivity index (χ3v) is 4.14. The zero-order chi connectivity index (χ0) is 16.1. The van der Waals surface area contributed by atoms with Gasteiger partial charge in [0.2, 0.25) is 5.91 Å². The van der Waals surface area contributed by atoms with Crippen LogP contribution in [0.1, 0.15) is 28.8 Å². The van der Waals surface area contributed by atoms with Crippen molar-refractivity contribution in [2.24, 2.45) is 5.92 Å². The minimum atomic E-state index is -0.921. The van der Waals surface area contributed by atoms with Gasteiger partial charge < -0.3 is 14.9 Å². The molecule has 0 saturated carbocycles. The number of carboxylic acid groups (broad SMARTS) is 1. The summed E-state index contributed by atoms with van der Waals surface area (Å²) in [5.74, 6) is -0.669. The van der Waals surface area contributed by atoms with E-state index in [4.69, 9.17) is 5.11 Å². The number of aromatic carboxylic acids is 1. The van der Waals surface area contributed by atoms with Gasteiger partial charge in [-0.25, -0.2) is 4.79 Å². The van der Waals surface area contributed by atoms with Gasteiger partial charge in [0.15, 0.2) is 0 Å². The van der Waals surface area contributed by atoms with E-state index < -0.39 is 5.97 Å². The maximum atomic E-state index is 12.5. The van der Waals surface area contributed by atoms with Crippen molar-refractivity contribution in [3.63, 3.8) is 0 Å². The maximum Gasteiger partial charge on any atom is 0.335 e. The van der Waals surface area contributed by atoms with Gasteiger partial charge >= 0.3 is 5.97 Å². The van der Waals surface area contributed by atoms with Crippen LogP contribution in [0.2, 0.25) is 0 Å². The summed E-state index contributed by atoms with van der Waals surface area (Å²) < 4.78 is 0. The summed E-state index contributed by atoms with van der Waals surface area (Å²) >= 11 is 0. The van der Waals surface area contributed by atoms with Gasteiger partial charge in [-0.1, -0.05) is 12.1 Å². The van der Waals surface area contributed by atoms with Crippen LogP contribution >= 0.6 is 0 Å². The van der Waals surface area contributed by atoms with Crippen molar-refractivity contribution < 1.29 is 14.7 Å². The van der Waals surface area contributed by atoms with E-state index in [1.807, 2.05) is 31.1 Å². The standard InChI is InChI=1S/C17H24N2O3/c1-18(2)10-11-19-9-3-4-15(16(19)20)12-13-5-7-14(8-6-13)17(21)22/h5-8,15H,3-4,9-12H2,1-2H3,(H,21,22). The molecule has 5 heteroatoms. The molecule has 1 aromatic carbocycles. The summed E-state index contributed by atoms with van der Waals surface area (Å²) in [6.07, 6.45) is 2.65. The van der Waals surface area contributed by atoms with Crippen LogP contribution in [0.3, 0.4) is 0 Å². The van der Waals surface area contributed by atoms with Crippen LogP contribution < -0.4 is 0 Å². The molecule has 0 aromatic heterocycles. The smallest absolute Gasteiger partial charge is 0.335 e. The lowest BCUT2D eigenvalue weighted by Gasteiger charge is -2.33. The van der Waals surface area contributed by atoms with Crippen molar-refractivity contribution in [3.05, 3.63) is 35.4 Å². The second-order valence-corrected chi connectivity index (χ2v) is 6.17. The molecule has 1 aromatic rings. The number of carbonyl (C=O) groups is 2. The summed E-state index contributed by atoms with van der Waals surface area (Å²) in [4.78, 5) is 27.4. The molecule has 1 N–H and O–H groups in total. The van der Waals surface area contributed by atoms with Crippen LogP contribution in [-0.4, -0.2) is 60.5 Å². The first-order valence-electron chi connectivity index (χ1n) is 7.73. The van der Waals surface area contributed by atoms with Crippen molar-refractivity contribution in [1.82, 2.24) is 9.80 Å². The zero-order valence-corrected chi connectivity index (χ0v) is 13.3. The molecule has 1 atom stereocenters. The average Bonchev–Trinajstić information content (AvgIpc) is 2.48. The molecule has 5 nitrogen and oxygen atoms in total. The van der Waals surface area contributed by atoms with E-state index in [9.17, 15) is 9.59 Å². The first-order chi connectivity index (χ1) is 10.5. The summed E-state index contributed by atoms with van der Waals surface area (Å²) in [6.45, 7) is 2.51. The molecule has 0 radical (unpaired) electrons. The number of likely N-dealkylation sites (tertiary alicyclic amines) is 1. The number of likely N-dealkylation sites (N-methyl/N-ethyl adjacent to an activating group) is 1. The second-order valence-electron chi connectivity index (χ2n) is 6.17. The Kier molecular flexibility index (Phi) is 5.55. The highest BCUT2D eigenvalue weighted by atomic mass is 16.4. The molecule has 1 aliphatic heterocycles. The van der Waals surface area contributed by atoms with Crippen LogP contribution in [-0.2, 0) is 11.2 Å². The van der Waals surface area contributed by atoms with Crippen molar-refractivity contribution in [2.45, 2.75) is 19.3 Å². The van der Waals surface area contributed by atoms with E-state index in [0.29, 0.717) is 6.42 Å². The molecule has 0 bridgehead atoms. The number of carboxylic acids is 1. The molecule has 1 heterocycles. The molecule has 0 aliphatic carbocycles. The lowest BCUT2D eigenvalue weighted by atomic mass is 9.90. The van der Waals surface area contributed by atoms with Crippen molar-refractivity contribution >= 4 is 11.9 Å². The minimum absolute atomic E-state index is 0.0200. The Balaban J connectivity index is 1.96. The Hall–Kier alpha value is -1.88. The van der Waals surface area contributed by atoms with Crippen LogP contribution in [0.25, 0.3) is 0 Å². The number of carbonyl (C=O) groups excluding carboxylic acids is 1. The van der Waals surface area contributed by atoms with Gasteiger partial charge in [0, 0.05) is 25.6 Å². The van der Waals surface area contributed by atoms with Crippen molar-refractivity contribution in [3.8, 4) is 0 Å². The molecule has 1 amide bonds. The van der Waals surface area contributed by atoms with Gasteiger partial charge in [0.1, 0.15) is 0 Å². The number of hydrogen-bond donors (Lipinski definition) is 1. The fraction of sp³-hybridized carbons (Fsp3) is 0.529. The molecule has 22 heavy (non-hydrogen) atoms. The Labute approximate surface area is 131 Å². The van der Waals surface area contributed by atoms with E-state index in [0.717, 1.165) is 38.0 Å². The summed E-state index contributed by atoms with van der Waals surface area (Å²) in [6, 6.07) is 6.84. The van der Waals surface area contributed by atoms with E-state index in [1.165, 1.54) is 0 Å². The van der Waals surface area contributed by atoms with Gasteiger partial charge in [-0.2, -0.15) is 0 Å². The third-order valence-electron chi connectivity index (χ3n) is 4.14. The summed E-state index contributed by atoms with van der Waals surface area (Å²) in [5, 5.41) is 8.91. The highest BCUT2D eigenvalue weighted by molar-refractivity contribution is 5.87. The number of nitrogens with zero attached hydrogens (tertiary/aromatic N) is 2. The first kappa shape index (κ1) is 16.5. The number of benzene rings is 1. The topological polar surface area (TPSA) is 60.9 Å². The molecule has 1 aliphatic rings. The number of rotatable bonds is 6. The Morgan fingerprint density at radius 3 is 2.59 bits per heavy atom. The predicted octanol–water partition coefficient (Wildman–Crippen LogP) is 1.73. The van der Waals surface area contributed by atoms with Crippen LogP contribution in [0.15, 0.2) is 24.3 Å². The molecule has 2 rings (SSSR count). The second kappa shape index (κ2) is 7.40. The molecule has 1 unspecified atom stereocenters. The highest BCUT2D eigenvalue weighted by Gasteiger charge is 2.28. The normalized spacial score (nSPS) is 18.8. The first-order valence-corrected chi connectivity index (χ1v) is 7.73. The van der Waals surface area contributed by atoms with Gasteiger partial charge in [0.25, 0.3) is 0 Å². The molecule has 0 spiro atoms. The monoisotopic (exact) mass is 304 g/mol. The lowest BCUT2D eigenvalue weighted by molar-refractivity contribution is -0.138. The average molecular weight is 304 g/mol. The van der Waals surface area contributed by atoms with Gasteiger partial charge in [-0.05, 0) is 51.1 Å². The number of piperidine rings is 1. The van der Waals surface area contributed by atoms with Crippen LogP contribution in [0.5, 0.6) is 0 Å². The number of hydrogen-bond acceptors (Lipinski definition) is 3. The van der Waals surface area contributed by atoms with Crippen LogP contribution in [0.4, 0.5) is 0 Å². The zero-order valence-electron chi connectivity index (χ0n) is 13.3. The summed E-state index contributed by atoms with van der Waals surface area (Å²) in [7, 11) is 4.02. The quantitative estimate of drug-likeness (QED) is 0.869. The van der Waals surface area contributed by atoms with E-state index >= 15 is 0 Å². The third kappa shape index (κ3) is 4.31. The van der Waals surface area contributed by atoms with Gasteiger partial charge in [0.05, 0.1) is 5.56 Å². The van der Waals surface area contributed by atoms with Crippen LogP contribution in [0, 0.1) is 5.92 Å². The Morgan fingerprint density at radius 1 is 1.32 bits per heavy atom. The maximum absolute atomic E-state index is 12.5. The molecule has 120 valence electrons. The summed E-state index contributed by atoms with van der Waals surface area (Å²) in [5.41, 5.74) is 1.31. The Bertz CT molecular complexity index is 525. The molecule has 1 saturated heterocycles. The van der Waals surface area contributed by atoms with E-state index in [2.05, 4.69) is 4.90 Å². The van der Waals surface area contributed by atoms with Gasteiger partial charge in [-0.3, -0.25) is 4.79 Å². The van der Waals surface area contributed by atoms with Crippen molar-refractivity contribution in [2.75, 3.05) is 33.7 Å². The molecular weight excluding hydrogens is 280 g/mol. The van der Waals surface area contributed by atoms with Crippen molar-refractivity contribution in [1.29, 1.82) is 0 Å². The fourth-order valence-electron chi connectivity index (χ4n) is 2.82.